The fourth-order valence-corrected chi connectivity index (χ4v) is 4.58. The number of hydrogen-bond acceptors (Lipinski definition) is 5. The lowest BCUT2D eigenvalue weighted by Gasteiger charge is -2.28. The summed E-state index contributed by atoms with van der Waals surface area (Å²) < 4.78 is 73.9. The Morgan fingerprint density at radius 3 is 2.39 bits per heavy atom. The maximum absolute atomic E-state index is 14.7. The molecule has 1 saturated heterocycles. The van der Waals surface area contributed by atoms with E-state index in [0.717, 1.165) is 23.9 Å². The summed E-state index contributed by atoms with van der Waals surface area (Å²) in [7, 11) is 0. The molecule has 0 aliphatic carbocycles. The number of carbonyl (C=O) groups is 2. The average Bonchev–Trinajstić information content (AvgIpc) is 2.94. The van der Waals surface area contributed by atoms with Gasteiger partial charge in [-0.05, 0) is 48.5 Å². The molecule has 212 valence electrons. The number of urea groups is 1. The summed E-state index contributed by atoms with van der Waals surface area (Å²) in [4.78, 5) is 32.2. The molecule has 2 amide bonds. The molecule has 0 spiro atoms. The lowest BCUT2D eigenvalue weighted by atomic mass is 10.00. The van der Waals surface area contributed by atoms with Crippen molar-refractivity contribution < 1.29 is 36.3 Å². The molecule has 0 atom stereocenters. The van der Waals surface area contributed by atoms with E-state index >= 15 is 0 Å². The summed E-state index contributed by atoms with van der Waals surface area (Å²) in [6.07, 6.45) is -3.05. The third kappa shape index (κ3) is 6.23. The smallest absolute Gasteiger partial charge is 0.378 e. The molecule has 4 aromatic rings. The number of hydrogen-bond donors (Lipinski definition) is 2. The minimum atomic E-state index is -4.76. The van der Waals surface area contributed by atoms with Gasteiger partial charge in [0.25, 0.3) is 0 Å². The normalized spacial score (nSPS) is 13.8. The van der Waals surface area contributed by atoms with E-state index in [2.05, 4.69) is 20.5 Å². The van der Waals surface area contributed by atoms with Gasteiger partial charge in [-0.25, -0.2) is 13.6 Å². The molecule has 1 aliphatic rings. The molecule has 0 bridgehead atoms. The largest absolute Gasteiger partial charge is 0.417 e. The summed E-state index contributed by atoms with van der Waals surface area (Å²) in [5.74, 6) is -3.68. The van der Waals surface area contributed by atoms with E-state index in [1.807, 2.05) is 6.07 Å². The Balaban J connectivity index is 1.38. The van der Waals surface area contributed by atoms with E-state index < -0.39 is 45.8 Å². The summed E-state index contributed by atoms with van der Waals surface area (Å²) in [5, 5.41) is 4.42. The van der Waals surface area contributed by atoms with E-state index in [9.17, 15) is 31.5 Å². The Labute approximate surface area is 234 Å². The Morgan fingerprint density at radius 2 is 1.66 bits per heavy atom. The van der Waals surface area contributed by atoms with Gasteiger partial charge in [0.15, 0.2) is 17.4 Å². The predicted molar refractivity (Wildman–Crippen MR) is 144 cm³/mol. The zero-order chi connectivity index (χ0) is 29.3. The maximum atomic E-state index is 14.7. The van der Waals surface area contributed by atoms with Crippen molar-refractivity contribution in [1.29, 1.82) is 0 Å². The number of ether oxygens (including phenoxy) is 1. The number of nitrogens with zero attached hydrogens (tertiary/aromatic N) is 2. The molecule has 5 rings (SSSR count). The van der Waals surface area contributed by atoms with Crippen LogP contribution in [-0.4, -0.2) is 43.1 Å². The van der Waals surface area contributed by atoms with E-state index in [4.69, 9.17) is 16.3 Å². The number of morpholine rings is 1. The molecule has 41 heavy (non-hydrogen) atoms. The van der Waals surface area contributed by atoms with Crippen LogP contribution in [-0.2, 0) is 10.9 Å². The number of anilines is 3. The minimum Gasteiger partial charge on any atom is -0.378 e. The van der Waals surface area contributed by atoms with Crippen LogP contribution in [0.4, 0.5) is 43.8 Å². The van der Waals surface area contributed by atoms with Crippen LogP contribution >= 0.6 is 11.6 Å². The van der Waals surface area contributed by atoms with Gasteiger partial charge in [-0.1, -0.05) is 11.6 Å². The first-order valence-corrected chi connectivity index (χ1v) is 12.6. The van der Waals surface area contributed by atoms with Crippen molar-refractivity contribution in [3.63, 3.8) is 0 Å². The fraction of sp³-hybridized carbons (Fsp3) is 0.179. The molecule has 1 aliphatic heterocycles. The molecule has 1 fully saturated rings. The van der Waals surface area contributed by atoms with E-state index in [1.165, 1.54) is 12.1 Å². The number of halogens is 6. The van der Waals surface area contributed by atoms with Crippen molar-refractivity contribution in [2.75, 3.05) is 41.8 Å². The number of nitrogens with one attached hydrogen (secondary N) is 2. The molecule has 7 nitrogen and oxygen atoms in total. The zero-order valence-electron chi connectivity index (χ0n) is 21.0. The van der Waals surface area contributed by atoms with Crippen LogP contribution < -0.4 is 15.5 Å². The molecule has 2 N–H and O–H groups in total. The van der Waals surface area contributed by atoms with Gasteiger partial charge in [0.1, 0.15) is 0 Å². The molecule has 13 heteroatoms. The van der Waals surface area contributed by atoms with E-state index in [-0.39, 0.29) is 16.9 Å². The number of amides is 2. The minimum absolute atomic E-state index is 0.0548. The second-order valence-corrected chi connectivity index (χ2v) is 9.53. The van der Waals surface area contributed by atoms with Gasteiger partial charge in [-0.3, -0.25) is 9.78 Å². The highest BCUT2D eigenvalue weighted by molar-refractivity contribution is 6.31. The van der Waals surface area contributed by atoms with Crippen molar-refractivity contribution in [1.82, 2.24) is 4.98 Å². The van der Waals surface area contributed by atoms with Crippen molar-refractivity contribution in [3.8, 4) is 0 Å². The zero-order valence-corrected chi connectivity index (χ0v) is 21.7. The van der Waals surface area contributed by atoms with Gasteiger partial charge < -0.3 is 20.3 Å². The van der Waals surface area contributed by atoms with Crippen LogP contribution in [0.25, 0.3) is 10.9 Å². The molecule has 3 aromatic carbocycles. The quantitative estimate of drug-likeness (QED) is 0.195. The van der Waals surface area contributed by atoms with Gasteiger partial charge in [0.2, 0.25) is 0 Å². The molecule has 0 radical (unpaired) electrons. The van der Waals surface area contributed by atoms with Crippen LogP contribution in [0.1, 0.15) is 21.5 Å². The lowest BCUT2D eigenvalue weighted by molar-refractivity contribution is -0.137. The predicted octanol–water partition coefficient (Wildman–Crippen LogP) is 6.90. The molecular formula is C28H20ClF5N4O3. The number of fused-ring (bicyclic) bond motifs is 1. The third-order valence-electron chi connectivity index (χ3n) is 6.37. The second-order valence-electron chi connectivity index (χ2n) is 9.12. The molecular weight excluding hydrogens is 571 g/mol. The van der Waals surface area contributed by atoms with Crippen molar-refractivity contribution in [2.45, 2.75) is 6.18 Å². The van der Waals surface area contributed by atoms with Gasteiger partial charge >= 0.3 is 12.2 Å². The highest BCUT2D eigenvalue weighted by Crippen LogP contribution is 2.36. The number of carbonyl (C=O) groups excluding carboxylic acids is 2. The first-order chi connectivity index (χ1) is 19.5. The molecule has 0 unspecified atom stereocenters. The Kier molecular flexibility index (Phi) is 7.78. The topological polar surface area (TPSA) is 83.6 Å². The lowest BCUT2D eigenvalue weighted by Crippen LogP contribution is -2.36. The van der Waals surface area contributed by atoms with Crippen molar-refractivity contribution in [3.05, 3.63) is 94.1 Å². The highest BCUT2D eigenvalue weighted by atomic mass is 35.5. The number of benzene rings is 3. The standard InChI is InChI=1S/C28H20ClF5N4O3/c29-22-3-2-17(12-21(22)28(32,33)34)36-27(40)37-18-11-20(25(31)23(30)13-18)26(39)15-1-4-24-16(9-15)10-19(14-35-24)38-5-7-41-8-6-38/h1-4,9-14H,5-8H2,(H2,36,37,40). The van der Waals surface area contributed by atoms with Crippen LogP contribution in [0, 0.1) is 11.6 Å². The second kappa shape index (κ2) is 11.3. The summed E-state index contributed by atoms with van der Waals surface area (Å²) in [5.41, 5.74) is -0.899. The Bertz CT molecular complexity index is 1660. The summed E-state index contributed by atoms with van der Waals surface area (Å²) in [6, 6.07) is 9.60. The number of pyridine rings is 1. The van der Waals surface area contributed by atoms with Gasteiger partial charge in [0, 0.05) is 41.5 Å². The number of aromatic nitrogens is 1. The Hall–Kier alpha value is -4.29. The van der Waals surface area contributed by atoms with Crippen LogP contribution in [0.15, 0.2) is 60.8 Å². The van der Waals surface area contributed by atoms with Crippen molar-refractivity contribution in [2.24, 2.45) is 0 Å². The maximum Gasteiger partial charge on any atom is 0.417 e. The summed E-state index contributed by atoms with van der Waals surface area (Å²) in [6.45, 7) is 2.48. The molecule has 0 saturated carbocycles. The highest BCUT2D eigenvalue weighted by Gasteiger charge is 2.33. The van der Waals surface area contributed by atoms with Crippen LogP contribution in [0.2, 0.25) is 5.02 Å². The average molecular weight is 591 g/mol. The van der Waals surface area contributed by atoms with Crippen molar-refractivity contribution >= 4 is 51.4 Å². The van der Waals surface area contributed by atoms with Crippen LogP contribution in [0.5, 0.6) is 0 Å². The first-order valence-electron chi connectivity index (χ1n) is 12.2. The van der Waals surface area contributed by atoms with Gasteiger partial charge in [-0.2, -0.15) is 13.2 Å². The first kappa shape index (κ1) is 28.2. The van der Waals surface area contributed by atoms with Gasteiger partial charge in [-0.15, -0.1) is 0 Å². The SMILES string of the molecule is O=C(Nc1cc(F)c(F)c(C(=O)c2ccc3ncc(N4CCOCC4)cc3c2)c1)Nc1ccc(Cl)c(C(F)(F)F)c1. The van der Waals surface area contributed by atoms with E-state index in [0.29, 0.717) is 49.3 Å². The van der Waals surface area contributed by atoms with E-state index in [1.54, 1.807) is 12.3 Å². The molecule has 1 aromatic heterocycles. The number of alkyl halides is 3. The third-order valence-corrected chi connectivity index (χ3v) is 6.70. The number of rotatable bonds is 5. The monoisotopic (exact) mass is 590 g/mol. The Morgan fingerprint density at radius 1 is 0.927 bits per heavy atom. The van der Waals surface area contributed by atoms with Gasteiger partial charge in [0.05, 0.1) is 46.8 Å². The fourth-order valence-electron chi connectivity index (χ4n) is 4.35. The van der Waals surface area contributed by atoms with Crippen LogP contribution in [0.3, 0.4) is 0 Å². The summed E-state index contributed by atoms with van der Waals surface area (Å²) >= 11 is 5.58. The molecule has 2 heterocycles. The number of ketones is 1.